The second-order valence-corrected chi connectivity index (χ2v) is 4.30. The van der Waals surface area contributed by atoms with Crippen molar-refractivity contribution in [3.8, 4) is 0 Å². The Bertz CT molecular complexity index is 414. The fourth-order valence-electron chi connectivity index (χ4n) is 1.84. The third-order valence-corrected chi connectivity index (χ3v) is 3.00. The first kappa shape index (κ1) is 11.8. The van der Waals surface area contributed by atoms with Crippen molar-refractivity contribution in [1.82, 2.24) is 0 Å². The van der Waals surface area contributed by atoms with Gasteiger partial charge in [0.05, 0.1) is 12.2 Å². The van der Waals surface area contributed by atoms with E-state index < -0.39 is 0 Å². The normalized spacial score (nSPS) is 15.1. The SMILES string of the molecule is CCOC(=O)c1cc(N)ccc1NC1CCC1. The summed E-state index contributed by atoms with van der Waals surface area (Å²) in [6, 6.07) is 5.79. The fourth-order valence-corrected chi connectivity index (χ4v) is 1.84. The summed E-state index contributed by atoms with van der Waals surface area (Å²) in [5.74, 6) is -0.318. The molecule has 2 rings (SSSR count). The van der Waals surface area contributed by atoms with E-state index in [1.54, 1.807) is 19.1 Å². The van der Waals surface area contributed by atoms with Crippen LogP contribution in [0.5, 0.6) is 0 Å². The molecule has 0 aliphatic heterocycles. The van der Waals surface area contributed by atoms with Gasteiger partial charge in [0.25, 0.3) is 0 Å². The van der Waals surface area contributed by atoms with Crippen molar-refractivity contribution in [2.45, 2.75) is 32.2 Å². The highest BCUT2D eigenvalue weighted by Crippen LogP contribution is 2.27. The molecule has 92 valence electrons. The smallest absolute Gasteiger partial charge is 0.340 e. The molecule has 0 saturated heterocycles. The fraction of sp³-hybridized carbons (Fsp3) is 0.462. The van der Waals surface area contributed by atoms with Crippen LogP contribution in [0.4, 0.5) is 11.4 Å². The van der Waals surface area contributed by atoms with Gasteiger partial charge in [-0.1, -0.05) is 0 Å². The lowest BCUT2D eigenvalue weighted by atomic mass is 9.92. The molecule has 1 aromatic rings. The molecule has 1 aromatic carbocycles. The van der Waals surface area contributed by atoms with Gasteiger partial charge in [-0.05, 0) is 44.4 Å². The highest BCUT2D eigenvalue weighted by molar-refractivity contribution is 5.96. The third kappa shape index (κ3) is 2.70. The number of rotatable bonds is 4. The summed E-state index contributed by atoms with van der Waals surface area (Å²) in [5, 5.41) is 3.36. The van der Waals surface area contributed by atoms with Gasteiger partial charge >= 0.3 is 5.97 Å². The van der Waals surface area contributed by atoms with Crippen molar-refractivity contribution in [3.05, 3.63) is 23.8 Å². The molecule has 0 bridgehead atoms. The topological polar surface area (TPSA) is 64.3 Å². The Morgan fingerprint density at radius 2 is 2.29 bits per heavy atom. The third-order valence-electron chi connectivity index (χ3n) is 3.00. The molecule has 4 heteroatoms. The first-order valence-corrected chi connectivity index (χ1v) is 6.04. The number of carbonyl (C=O) groups excluding carboxylic acids is 1. The van der Waals surface area contributed by atoms with Gasteiger partial charge in [0.1, 0.15) is 0 Å². The van der Waals surface area contributed by atoms with E-state index in [1.807, 2.05) is 6.07 Å². The average Bonchev–Trinajstić information content (AvgIpc) is 2.25. The van der Waals surface area contributed by atoms with Crippen molar-refractivity contribution in [2.24, 2.45) is 0 Å². The Balaban J connectivity index is 2.19. The zero-order valence-electron chi connectivity index (χ0n) is 10.0. The molecule has 0 amide bonds. The van der Waals surface area contributed by atoms with E-state index in [2.05, 4.69) is 5.32 Å². The van der Waals surface area contributed by atoms with Gasteiger partial charge in [0.2, 0.25) is 0 Å². The zero-order valence-corrected chi connectivity index (χ0v) is 10.0. The van der Waals surface area contributed by atoms with Crippen LogP contribution in [0.2, 0.25) is 0 Å². The zero-order chi connectivity index (χ0) is 12.3. The number of ether oxygens (including phenoxy) is 1. The average molecular weight is 234 g/mol. The first-order valence-electron chi connectivity index (χ1n) is 6.04. The molecule has 1 aliphatic carbocycles. The predicted molar refractivity (Wildman–Crippen MR) is 68.1 cm³/mol. The first-order chi connectivity index (χ1) is 8.20. The number of benzene rings is 1. The summed E-state index contributed by atoms with van der Waals surface area (Å²) >= 11 is 0. The maximum absolute atomic E-state index is 11.8. The van der Waals surface area contributed by atoms with Gasteiger partial charge in [-0.25, -0.2) is 4.79 Å². The molecule has 0 atom stereocenters. The van der Waals surface area contributed by atoms with Crippen molar-refractivity contribution in [2.75, 3.05) is 17.7 Å². The molecule has 4 nitrogen and oxygen atoms in total. The van der Waals surface area contributed by atoms with Gasteiger partial charge in [-0.2, -0.15) is 0 Å². The monoisotopic (exact) mass is 234 g/mol. The molecule has 0 aromatic heterocycles. The Morgan fingerprint density at radius 3 is 2.88 bits per heavy atom. The Kier molecular flexibility index (Phi) is 3.52. The Labute approximate surface area is 101 Å². The molecule has 0 unspecified atom stereocenters. The van der Waals surface area contributed by atoms with E-state index in [9.17, 15) is 4.79 Å². The molecule has 0 heterocycles. The number of anilines is 2. The lowest BCUT2D eigenvalue weighted by molar-refractivity contribution is 0.0527. The van der Waals surface area contributed by atoms with Gasteiger partial charge in [0.15, 0.2) is 0 Å². The standard InChI is InChI=1S/C13H18N2O2/c1-2-17-13(16)11-8-9(14)6-7-12(11)15-10-4-3-5-10/h6-8,10,15H,2-5,14H2,1H3. The molecule has 17 heavy (non-hydrogen) atoms. The second kappa shape index (κ2) is 5.08. The number of hydrogen-bond acceptors (Lipinski definition) is 4. The lowest BCUT2D eigenvalue weighted by Crippen LogP contribution is -2.28. The maximum Gasteiger partial charge on any atom is 0.340 e. The van der Waals surface area contributed by atoms with Crippen LogP contribution in [0.15, 0.2) is 18.2 Å². The molecule has 3 N–H and O–H groups in total. The van der Waals surface area contributed by atoms with Gasteiger partial charge in [-0.3, -0.25) is 0 Å². The lowest BCUT2D eigenvalue weighted by Gasteiger charge is -2.28. The summed E-state index contributed by atoms with van der Waals surface area (Å²) in [7, 11) is 0. The van der Waals surface area contributed by atoms with E-state index in [-0.39, 0.29) is 5.97 Å². The number of nitrogens with two attached hydrogens (primary N) is 1. The minimum absolute atomic E-state index is 0.318. The van der Waals surface area contributed by atoms with Crippen LogP contribution < -0.4 is 11.1 Å². The largest absolute Gasteiger partial charge is 0.462 e. The quantitative estimate of drug-likeness (QED) is 0.620. The number of nitrogens with one attached hydrogen (secondary N) is 1. The molecule has 0 spiro atoms. The molecule has 1 saturated carbocycles. The summed E-state index contributed by atoms with van der Waals surface area (Å²) in [5.41, 5.74) is 7.63. The number of esters is 1. The summed E-state index contributed by atoms with van der Waals surface area (Å²) < 4.78 is 5.02. The minimum atomic E-state index is -0.318. The molecule has 1 fully saturated rings. The van der Waals surface area contributed by atoms with Crippen molar-refractivity contribution >= 4 is 17.3 Å². The van der Waals surface area contributed by atoms with Crippen molar-refractivity contribution in [1.29, 1.82) is 0 Å². The van der Waals surface area contributed by atoms with E-state index in [0.29, 0.717) is 23.9 Å². The molecule has 0 radical (unpaired) electrons. The molecular formula is C13H18N2O2. The van der Waals surface area contributed by atoms with Crippen LogP contribution in [0.3, 0.4) is 0 Å². The summed E-state index contributed by atoms with van der Waals surface area (Å²) in [6.07, 6.45) is 3.57. The van der Waals surface area contributed by atoms with Crippen molar-refractivity contribution in [3.63, 3.8) is 0 Å². The van der Waals surface area contributed by atoms with Crippen LogP contribution in [-0.4, -0.2) is 18.6 Å². The Hall–Kier alpha value is -1.71. The molecular weight excluding hydrogens is 216 g/mol. The second-order valence-electron chi connectivity index (χ2n) is 4.30. The van der Waals surface area contributed by atoms with E-state index >= 15 is 0 Å². The van der Waals surface area contributed by atoms with E-state index in [0.717, 1.165) is 18.5 Å². The summed E-state index contributed by atoms with van der Waals surface area (Å²) in [4.78, 5) is 11.8. The number of nitrogen functional groups attached to an aromatic ring is 1. The van der Waals surface area contributed by atoms with E-state index in [4.69, 9.17) is 10.5 Å². The summed E-state index contributed by atoms with van der Waals surface area (Å²) in [6.45, 7) is 2.17. The maximum atomic E-state index is 11.8. The van der Waals surface area contributed by atoms with Gasteiger partial charge in [0, 0.05) is 17.4 Å². The van der Waals surface area contributed by atoms with Gasteiger partial charge in [-0.15, -0.1) is 0 Å². The molecule has 1 aliphatic rings. The van der Waals surface area contributed by atoms with Crippen LogP contribution in [0.25, 0.3) is 0 Å². The minimum Gasteiger partial charge on any atom is -0.462 e. The van der Waals surface area contributed by atoms with Crippen LogP contribution in [0.1, 0.15) is 36.5 Å². The van der Waals surface area contributed by atoms with Crippen LogP contribution in [0, 0.1) is 0 Å². The number of hydrogen-bond donors (Lipinski definition) is 2. The van der Waals surface area contributed by atoms with Crippen molar-refractivity contribution < 1.29 is 9.53 Å². The predicted octanol–water partition coefficient (Wildman–Crippen LogP) is 2.41. The van der Waals surface area contributed by atoms with Crippen LogP contribution >= 0.6 is 0 Å². The van der Waals surface area contributed by atoms with Gasteiger partial charge < -0.3 is 15.8 Å². The highest BCUT2D eigenvalue weighted by atomic mass is 16.5. The van der Waals surface area contributed by atoms with E-state index in [1.165, 1.54) is 6.42 Å². The number of carbonyl (C=O) groups is 1. The Morgan fingerprint density at radius 1 is 1.53 bits per heavy atom. The highest BCUT2D eigenvalue weighted by Gasteiger charge is 2.20. The van der Waals surface area contributed by atoms with Crippen LogP contribution in [-0.2, 0) is 4.74 Å².